The van der Waals surface area contributed by atoms with E-state index in [1.807, 2.05) is 0 Å². The van der Waals surface area contributed by atoms with Crippen molar-refractivity contribution in [2.75, 3.05) is 0 Å². The van der Waals surface area contributed by atoms with Gasteiger partial charge in [0.05, 0.1) is 18.0 Å². The summed E-state index contributed by atoms with van der Waals surface area (Å²) in [5.41, 5.74) is 1.77. The Bertz CT molecular complexity index is 1090. The predicted molar refractivity (Wildman–Crippen MR) is 119 cm³/mol. The molecule has 1 heterocycles. The monoisotopic (exact) mass is 647 g/mol. The van der Waals surface area contributed by atoms with Gasteiger partial charge in [-0.2, -0.15) is 5.10 Å². The molecule has 5 nitrogen and oxygen atoms in total. The molecule has 0 aliphatic carbocycles. The first-order chi connectivity index (χ1) is 15.7. The quantitative estimate of drug-likeness (QED) is 0.301. The van der Waals surface area contributed by atoms with E-state index >= 15 is 0 Å². The number of benzene rings is 3. The number of nitrogens with zero attached hydrogens (tertiary/aromatic N) is 3. The Morgan fingerprint density at radius 2 is 1.26 bits per heavy atom. The summed E-state index contributed by atoms with van der Waals surface area (Å²) in [5.74, 6) is -0.297. The van der Waals surface area contributed by atoms with E-state index in [0.717, 1.165) is 0 Å². The smallest absolute Gasteiger partial charge is 0.159 e. The normalized spacial score (nSPS) is 12.2. The van der Waals surface area contributed by atoms with Crippen LogP contribution in [0.15, 0.2) is 66.7 Å². The molecule has 2 N–H and O–H groups in total. The maximum atomic E-state index is 13.3. The van der Waals surface area contributed by atoms with Gasteiger partial charge in [0.2, 0.25) is 0 Å². The van der Waals surface area contributed by atoms with Crippen molar-refractivity contribution in [1.29, 1.82) is 0 Å². The van der Waals surface area contributed by atoms with Gasteiger partial charge in [-0.25, -0.2) is 8.78 Å². The van der Waals surface area contributed by atoms with E-state index in [9.17, 15) is 13.2 Å². The summed E-state index contributed by atoms with van der Waals surface area (Å²) >= 11 is 0. The molecule has 0 saturated carbocycles. The van der Waals surface area contributed by atoms with Gasteiger partial charge in [-0.1, -0.05) is 0 Å². The molecule has 0 bridgehead atoms. The van der Waals surface area contributed by atoms with Gasteiger partial charge in [0, 0.05) is 37.2 Å². The van der Waals surface area contributed by atoms with Crippen molar-refractivity contribution < 1.29 is 43.5 Å². The van der Waals surface area contributed by atoms with Crippen LogP contribution in [0.4, 0.5) is 13.2 Å². The van der Waals surface area contributed by atoms with E-state index in [4.69, 9.17) is 10.2 Å². The van der Waals surface area contributed by atoms with Crippen LogP contribution in [0.2, 0.25) is 0 Å². The van der Waals surface area contributed by atoms with Crippen molar-refractivity contribution in [3.63, 3.8) is 0 Å². The Hall–Kier alpha value is -2.84. The number of aliphatic hydroxyl groups excluding tert-OH is 2. The molecule has 1 radical (unpaired) electrons. The second kappa shape index (κ2) is 12.6. The molecule has 0 aliphatic heterocycles. The molecule has 4 aromatic rings. The van der Waals surface area contributed by atoms with Crippen LogP contribution in [-0.4, -0.2) is 37.2 Å². The second-order valence-corrected chi connectivity index (χ2v) is 7.52. The van der Waals surface area contributed by atoms with Crippen molar-refractivity contribution >= 4 is 0 Å². The molecule has 0 saturated heterocycles. The zero-order valence-corrected chi connectivity index (χ0v) is 20.8. The van der Waals surface area contributed by atoms with Crippen LogP contribution in [0.25, 0.3) is 28.5 Å². The Kier molecular flexibility index (Phi) is 10.1. The molecule has 0 aliphatic rings. The maximum Gasteiger partial charge on any atom is 0.159 e. The minimum Gasteiger partial charge on any atom is -0.393 e. The van der Waals surface area contributed by atoms with Crippen molar-refractivity contribution in [2.24, 2.45) is 0 Å². The first-order valence-electron chi connectivity index (χ1n) is 10.3. The van der Waals surface area contributed by atoms with Gasteiger partial charge >= 0.3 is 0 Å². The Labute approximate surface area is 209 Å². The topological polar surface area (TPSA) is 71.2 Å². The van der Waals surface area contributed by atoms with Crippen LogP contribution in [-0.2, 0) is 20.1 Å². The minimum atomic E-state index is -0.416. The fraction of sp³-hybridized carbons (Fsp3) is 0.200. The third-order valence-electron chi connectivity index (χ3n) is 4.55. The van der Waals surface area contributed by atoms with Crippen molar-refractivity contribution in [1.82, 2.24) is 14.8 Å². The number of rotatable bonds is 5. The van der Waals surface area contributed by atoms with E-state index in [1.165, 1.54) is 42.5 Å². The van der Waals surface area contributed by atoms with Gasteiger partial charge in [0.25, 0.3) is 0 Å². The fourth-order valence-corrected chi connectivity index (χ4v) is 3.12. The Morgan fingerprint density at radius 3 is 1.74 bits per heavy atom. The standard InChI is InChI=1S/C20H11F3N3.C5H12O2.Ir/c21-15-5-1-13(2-6-15)19-24-25-20(14-3-7-16(22)8-4-14)26(19)18-11-9-17(23)10-12-18;1-4(6)3-5(2)7;/h1-3,5-12H;4-7H,3H2,1-2H3;/q-1;;. The van der Waals surface area contributed by atoms with Crippen LogP contribution < -0.4 is 0 Å². The van der Waals surface area contributed by atoms with Gasteiger partial charge in [-0.15, -0.1) is 34.9 Å². The third kappa shape index (κ3) is 7.33. The molecule has 2 unspecified atom stereocenters. The molecule has 0 amide bonds. The predicted octanol–water partition coefficient (Wildman–Crippen LogP) is 4.95. The average molecular weight is 647 g/mol. The number of aliphatic hydroxyl groups is 2. The van der Waals surface area contributed by atoms with Gasteiger partial charge in [-0.3, -0.25) is 4.39 Å². The van der Waals surface area contributed by atoms with Crippen molar-refractivity contribution in [3.8, 4) is 28.5 Å². The molecule has 4 rings (SSSR count). The van der Waals surface area contributed by atoms with Gasteiger partial charge < -0.3 is 14.8 Å². The Balaban J connectivity index is 0.000000449. The third-order valence-corrected chi connectivity index (χ3v) is 4.55. The molecule has 34 heavy (non-hydrogen) atoms. The van der Waals surface area contributed by atoms with Gasteiger partial charge in [0.15, 0.2) is 5.82 Å². The van der Waals surface area contributed by atoms with Crippen molar-refractivity contribution in [3.05, 3.63) is 90.2 Å². The fourth-order valence-electron chi connectivity index (χ4n) is 3.12. The largest absolute Gasteiger partial charge is 0.393 e. The molecule has 0 spiro atoms. The number of halogens is 3. The van der Waals surface area contributed by atoms with Crippen LogP contribution in [0.1, 0.15) is 20.3 Å². The summed E-state index contributed by atoms with van der Waals surface area (Å²) in [5, 5.41) is 25.5. The summed E-state index contributed by atoms with van der Waals surface area (Å²) in [4.78, 5) is 0. The van der Waals surface area contributed by atoms with Gasteiger partial charge in [-0.05, 0) is 68.8 Å². The van der Waals surface area contributed by atoms with E-state index in [1.54, 1.807) is 42.7 Å². The molecule has 181 valence electrons. The molecule has 3 aromatic carbocycles. The zero-order valence-electron chi connectivity index (χ0n) is 18.4. The molecule has 9 heteroatoms. The zero-order chi connectivity index (χ0) is 24.0. The molecular weight excluding hydrogens is 624 g/mol. The average Bonchev–Trinajstić information content (AvgIpc) is 3.20. The summed E-state index contributed by atoms with van der Waals surface area (Å²) in [7, 11) is 0. The summed E-state index contributed by atoms with van der Waals surface area (Å²) in [6, 6.07) is 18.5. The minimum absolute atomic E-state index is 0. The Morgan fingerprint density at radius 1 is 0.765 bits per heavy atom. The number of hydrogen-bond acceptors (Lipinski definition) is 4. The summed E-state index contributed by atoms with van der Waals surface area (Å²) in [6.45, 7) is 3.32. The number of aromatic nitrogens is 3. The SMILES string of the molecule is CC(O)CC(C)O.Fc1c[c-]c(-c2nnc(-c3ccc(F)cc3)n2-c2ccc(F)cc2)cc1.[Ir]. The van der Waals surface area contributed by atoms with Gasteiger partial charge in [0.1, 0.15) is 11.6 Å². The molecule has 2 atom stereocenters. The van der Waals surface area contributed by atoms with Crippen molar-refractivity contribution in [2.45, 2.75) is 32.5 Å². The molecule has 1 aromatic heterocycles. The maximum absolute atomic E-state index is 13.3. The number of hydrogen-bond donors (Lipinski definition) is 2. The van der Waals surface area contributed by atoms with Crippen LogP contribution in [0, 0.1) is 23.5 Å². The van der Waals surface area contributed by atoms with E-state index in [-0.39, 0.29) is 43.9 Å². The van der Waals surface area contributed by atoms with E-state index < -0.39 is 5.82 Å². The van der Waals surface area contributed by atoms with Crippen LogP contribution >= 0.6 is 0 Å². The van der Waals surface area contributed by atoms with Crippen LogP contribution in [0.5, 0.6) is 0 Å². The molecular formula is C25H23F3IrN3O2-. The second-order valence-electron chi connectivity index (χ2n) is 7.52. The molecule has 0 fully saturated rings. The van der Waals surface area contributed by atoms with Crippen LogP contribution in [0.3, 0.4) is 0 Å². The summed E-state index contributed by atoms with van der Waals surface area (Å²) < 4.78 is 41.5. The van der Waals surface area contributed by atoms with E-state index in [0.29, 0.717) is 34.9 Å². The van der Waals surface area contributed by atoms with E-state index in [2.05, 4.69) is 16.3 Å². The summed E-state index contributed by atoms with van der Waals surface area (Å²) in [6.07, 6.45) is -0.278. The first-order valence-corrected chi connectivity index (χ1v) is 10.3. The first kappa shape index (κ1) is 27.4.